The van der Waals surface area contributed by atoms with Crippen LogP contribution >= 0.6 is 0 Å². The van der Waals surface area contributed by atoms with Gasteiger partial charge in [-0.3, -0.25) is 9.80 Å². The van der Waals surface area contributed by atoms with Gasteiger partial charge in [-0.25, -0.2) is 0 Å². The highest BCUT2D eigenvalue weighted by Crippen LogP contribution is 2.22. The van der Waals surface area contributed by atoms with Crippen molar-refractivity contribution >= 4 is 0 Å². The molecule has 0 bridgehead atoms. The van der Waals surface area contributed by atoms with Crippen LogP contribution in [0, 0.1) is 5.41 Å². The monoisotopic (exact) mass is 320 g/mol. The highest BCUT2D eigenvalue weighted by molar-refractivity contribution is 5.28. The fraction of sp³-hybridized carbons (Fsp3) is 0.684. The van der Waals surface area contributed by atoms with Gasteiger partial charge in [-0.05, 0) is 29.5 Å². The molecule has 1 aromatic rings. The quantitative estimate of drug-likeness (QED) is 0.874. The molecule has 1 aliphatic heterocycles. The van der Waals surface area contributed by atoms with Crippen LogP contribution in [0.1, 0.15) is 32.8 Å². The summed E-state index contributed by atoms with van der Waals surface area (Å²) in [6.45, 7) is 12.3. The summed E-state index contributed by atoms with van der Waals surface area (Å²) in [6, 6.07) is 8.71. The van der Waals surface area contributed by atoms with Crippen molar-refractivity contribution in [3.8, 4) is 5.75 Å². The van der Waals surface area contributed by atoms with Gasteiger partial charge in [-0.1, -0.05) is 32.9 Å². The Morgan fingerprint density at radius 2 is 2.04 bits per heavy atom. The molecule has 1 atom stereocenters. The largest absolute Gasteiger partial charge is 0.497 e. The molecular weight excluding hydrogens is 288 g/mol. The molecule has 1 unspecified atom stereocenters. The summed E-state index contributed by atoms with van der Waals surface area (Å²) >= 11 is 0. The molecule has 0 spiro atoms. The number of hydrogen-bond donors (Lipinski definition) is 1. The minimum absolute atomic E-state index is 0.253. The number of piperazine rings is 1. The summed E-state index contributed by atoms with van der Waals surface area (Å²) < 4.78 is 5.32. The third-order valence-electron chi connectivity index (χ3n) is 4.37. The Morgan fingerprint density at radius 1 is 1.26 bits per heavy atom. The molecule has 4 heteroatoms. The summed E-state index contributed by atoms with van der Waals surface area (Å²) in [5.41, 5.74) is 1.59. The second-order valence-corrected chi connectivity index (χ2v) is 7.78. The minimum Gasteiger partial charge on any atom is -0.497 e. The van der Waals surface area contributed by atoms with Crippen molar-refractivity contribution < 1.29 is 9.84 Å². The van der Waals surface area contributed by atoms with Gasteiger partial charge < -0.3 is 9.84 Å². The zero-order valence-electron chi connectivity index (χ0n) is 15.1. The minimum atomic E-state index is 0.253. The van der Waals surface area contributed by atoms with Crippen LogP contribution in [0.5, 0.6) is 5.75 Å². The van der Waals surface area contributed by atoms with Gasteiger partial charge in [-0.2, -0.15) is 0 Å². The topological polar surface area (TPSA) is 35.9 Å². The number of benzene rings is 1. The van der Waals surface area contributed by atoms with Gasteiger partial charge in [-0.15, -0.1) is 0 Å². The standard InChI is InChI=1S/C19H32N2O2/c1-19(2,3)15-20-9-10-21(17(14-20)8-11-22)13-16-6-5-7-18(12-16)23-4/h5-7,12,17,22H,8-11,13-15H2,1-4H3. The molecule has 130 valence electrons. The molecule has 1 saturated heterocycles. The molecule has 23 heavy (non-hydrogen) atoms. The average molecular weight is 320 g/mol. The van der Waals surface area contributed by atoms with E-state index in [0.717, 1.165) is 44.9 Å². The van der Waals surface area contributed by atoms with Gasteiger partial charge in [0.15, 0.2) is 0 Å². The van der Waals surface area contributed by atoms with Crippen LogP contribution in [-0.2, 0) is 6.54 Å². The first-order valence-corrected chi connectivity index (χ1v) is 8.61. The number of ether oxygens (including phenoxy) is 1. The van der Waals surface area contributed by atoms with E-state index >= 15 is 0 Å². The fourth-order valence-electron chi connectivity index (χ4n) is 3.41. The van der Waals surface area contributed by atoms with Crippen LogP contribution in [0.25, 0.3) is 0 Å². The first kappa shape index (κ1) is 18.2. The summed E-state index contributed by atoms with van der Waals surface area (Å²) in [5.74, 6) is 0.910. The lowest BCUT2D eigenvalue weighted by molar-refractivity contribution is 0.0381. The van der Waals surface area contributed by atoms with Crippen LogP contribution < -0.4 is 4.74 Å². The number of methoxy groups -OCH3 is 1. The number of aliphatic hydroxyl groups excluding tert-OH is 1. The number of nitrogens with zero attached hydrogens (tertiary/aromatic N) is 2. The molecule has 1 aliphatic rings. The first-order valence-electron chi connectivity index (χ1n) is 8.61. The number of hydrogen-bond acceptors (Lipinski definition) is 4. The van der Waals surface area contributed by atoms with Crippen LogP contribution in [-0.4, -0.2) is 60.8 Å². The molecule has 2 rings (SSSR count). The van der Waals surface area contributed by atoms with E-state index < -0.39 is 0 Å². The van der Waals surface area contributed by atoms with E-state index in [1.54, 1.807) is 7.11 Å². The molecule has 0 aromatic heterocycles. The molecule has 0 aliphatic carbocycles. The Kier molecular flexibility index (Phi) is 6.45. The fourth-order valence-corrected chi connectivity index (χ4v) is 3.41. The zero-order valence-corrected chi connectivity index (χ0v) is 15.1. The Labute approximate surface area is 141 Å². The smallest absolute Gasteiger partial charge is 0.119 e. The summed E-state index contributed by atoms with van der Waals surface area (Å²) in [5, 5.41) is 9.44. The lowest BCUT2D eigenvalue weighted by atomic mass is 9.95. The molecular formula is C19H32N2O2. The van der Waals surface area contributed by atoms with Crippen molar-refractivity contribution in [3.05, 3.63) is 29.8 Å². The third kappa shape index (κ3) is 5.79. The molecule has 4 nitrogen and oxygen atoms in total. The molecule has 0 amide bonds. The summed E-state index contributed by atoms with van der Waals surface area (Å²) in [6.07, 6.45) is 0.838. The van der Waals surface area contributed by atoms with E-state index in [4.69, 9.17) is 4.74 Å². The normalized spacial score (nSPS) is 20.7. The SMILES string of the molecule is COc1cccc(CN2CCN(CC(C)(C)C)CC2CCO)c1. The van der Waals surface area contributed by atoms with E-state index in [1.807, 2.05) is 12.1 Å². The zero-order chi connectivity index (χ0) is 16.9. The average Bonchev–Trinajstić information content (AvgIpc) is 2.49. The van der Waals surface area contributed by atoms with Crippen molar-refractivity contribution in [2.45, 2.75) is 39.8 Å². The van der Waals surface area contributed by atoms with Crippen LogP contribution in [0.4, 0.5) is 0 Å². The second-order valence-electron chi connectivity index (χ2n) is 7.78. The van der Waals surface area contributed by atoms with E-state index in [-0.39, 0.29) is 6.61 Å². The maximum atomic E-state index is 9.44. The number of rotatable bonds is 6. The van der Waals surface area contributed by atoms with E-state index in [9.17, 15) is 5.11 Å². The van der Waals surface area contributed by atoms with Crippen LogP contribution in [0.3, 0.4) is 0 Å². The highest BCUT2D eigenvalue weighted by Gasteiger charge is 2.28. The van der Waals surface area contributed by atoms with E-state index in [0.29, 0.717) is 11.5 Å². The summed E-state index contributed by atoms with van der Waals surface area (Å²) in [7, 11) is 1.71. The van der Waals surface area contributed by atoms with Gasteiger partial charge in [0.05, 0.1) is 7.11 Å². The molecule has 0 radical (unpaired) electrons. The van der Waals surface area contributed by atoms with E-state index in [2.05, 4.69) is 42.7 Å². The molecule has 1 fully saturated rings. The van der Waals surface area contributed by atoms with Gasteiger partial charge in [0.1, 0.15) is 5.75 Å². The van der Waals surface area contributed by atoms with Crippen LogP contribution in [0.15, 0.2) is 24.3 Å². The predicted octanol–water partition coefficient (Wildman–Crippen LogP) is 2.61. The molecule has 1 N–H and O–H groups in total. The predicted molar refractivity (Wildman–Crippen MR) is 94.8 cm³/mol. The Bertz CT molecular complexity index is 485. The third-order valence-corrected chi connectivity index (χ3v) is 4.37. The Morgan fingerprint density at radius 3 is 2.70 bits per heavy atom. The van der Waals surface area contributed by atoms with Gasteiger partial charge in [0, 0.05) is 45.4 Å². The summed E-state index contributed by atoms with van der Waals surface area (Å²) in [4.78, 5) is 5.05. The lowest BCUT2D eigenvalue weighted by Crippen LogP contribution is -2.54. The van der Waals surface area contributed by atoms with Crippen molar-refractivity contribution in [1.29, 1.82) is 0 Å². The second kappa shape index (κ2) is 8.13. The maximum absolute atomic E-state index is 9.44. The Hall–Kier alpha value is -1.10. The lowest BCUT2D eigenvalue weighted by Gasteiger charge is -2.43. The van der Waals surface area contributed by atoms with Crippen molar-refractivity contribution in [2.24, 2.45) is 5.41 Å². The van der Waals surface area contributed by atoms with Crippen molar-refractivity contribution in [1.82, 2.24) is 9.80 Å². The molecule has 0 saturated carbocycles. The van der Waals surface area contributed by atoms with Crippen LogP contribution in [0.2, 0.25) is 0 Å². The maximum Gasteiger partial charge on any atom is 0.119 e. The first-order chi connectivity index (χ1) is 10.9. The van der Waals surface area contributed by atoms with Gasteiger partial charge in [0.25, 0.3) is 0 Å². The van der Waals surface area contributed by atoms with E-state index in [1.165, 1.54) is 5.56 Å². The highest BCUT2D eigenvalue weighted by atomic mass is 16.5. The van der Waals surface area contributed by atoms with Gasteiger partial charge >= 0.3 is 0 Å². The van der Waals surface area contributed by atoms with Gasteiger partial charge in [0.2, 0.25) is 0 Å². The van der Waals surface area contributed by atoms with Crippen molar-refractivity contribution in [2.75, 3.05) is 39.9 Å². The number of aliphatic hydroxyl groups is 1. The molecule has 1 aromatic carbocycles. The van der Waals surface area contributed by atoms with Crippen molar-refractivity contribution in [3.63, 3.8) is 0 Å². The molecule has 1 heterocycles. The Balaban J connectivity index is 2.00.